The van der Waals surface area contributed by atoms with E-state index in [2.05, 4.69) is 30.5 Å². The van der Waals surface area contributed by atoms with Gasteiger partial charge in [-0.15, -0.1) is 0 Å². The first kappa shape index (κ1) is 24.2. The van der Waals surface area contributed by atoms with Crippen molar-refractivity contribution in [3.8, 4) is 0 Å². The number of fused-ring (bicyclic) bond motifs is 2. The van der Waals surface area contributed by atoms with E-state index in [4.69, 9.17) is 0 Å². The van der Waals surface area contributed by atoms with Crippen LogP contribution in [0.5, 0.6) is 0 Å². The van der Waals surface area contributed by atoms with Crippen LogP contribution in [0.25, 0.3) is 10.9 Å². The molecule has 2 fully saturated rings. The van der Waals surface area contributed by atoms with Gasteiger partial charge in [0.1, 0.15) is 11.9 Å². The van der Waals surface area contributed by atoms with Crippen molar-refractivity contribution in [1.82, 2.24) is 30.5 Å². The summed E-state index contributed by atoms with van der Waals surface area (Å²) in [4.78, 5) is 42.7. The molecule has 0 aliphatic carbocycles. The molecule has 0 radical (unpaired) electrons. The maximum absolute atomic E-state index is 13.9. The van der Waals surface area contributed by atoms with Gasteiger partial charge in [0, 0.05) is 48.5 Å². The van der Waals surface area contributed by atoms with Crippen LogP contribution >= 0.6 is 0 Å². The predicted octanol–water partition coefficient (Wildman–Crippen LogP) is 2.17. The molecule has 190 valence electrons. The summed E-state index contributed by atoms with van der Waals surface area (Å²) in [7, 11) is 1.72. The Morgan fingerprint density at radius 1 is 1.28 bits per heavy atom. The lowest BCUT2D eigenvalue weighted by atomic mass is 9.91. The molecule has 1 aromatic carbocycles. The van der Waals surface area contributed by atoms with E-state index in [1.807, 2.05) is 18.0 Å². The Hall–Kier alpha value is -3.53. The first-order chi connectivity index (χ1) is 17.4. The highest BCUT2D eigenvalue weighted by molar-refractivity contribution is 5.90. The molecular weight excluding hydrogens is 461 g/mol. The molecule has 5 atom stereocenters. The average Bonchev–Trinajstić information content (AvgIpc) is 3.60. The van der Waals surface area contributed by atoms with Crippen LogP contribution in [0, 0.1) is 5.82 Å². The Morgan fingerprint density at radius 3 is 2.78 bits per heavy atom. The molecule has 2 aromatic heterocycles. The number of likely N-dealkylation sites (N-methyl/N-ethyl adjacent to an activating group) is 1. The number of H-pyrrole nitrogens is 1. The Morgan fingerprint density at radius 2 is 2.06 bits per heavy atom. The van der Waals surface area contributed by atoms with Crippen LogP contribution in [-0.2, 0) is 9.59 Å². The monoisotopic (exact) mass is 493 g/mol. The van der Waals surface area contributed by atoms with Gasteiger partial charge in [-0.3, -0.25) is 9.59 Å². The quantitative estimate of drug-likeness (QED) is 0.466. The van der Waals surface area contributed by atoms with E-state index < -0.39 is 12.1 Å². The molecule has 2 aliphatic rings. The topological polar surface area (TPSA) is 106 Å². The lowest BCUT2D eigenvalue weighted by molar-refractivity contribution is -0.137. The first-order valence-electron chi connectivity index (χ1n) is 12.5. The van der Waals surface area contributed by atoms with E-state index in [1.54, 1.807) is 38.5 Å². The van der Waals surface area contributed by atoms with Gasteiger partial charge in [0.25, 0.3) is 0 Å². The zero-order chi connectivity index (χ0) is 25.4. The lowest BCUT2D eigenvalue weighted by Crippen LogP contribution is -2.54. The van der Waals surface area contributed by atoms with Crippen molar-refractivity contribution in [2.45, 2.75) is 56.8 Å². The maximum atomic E-state index is 13.9. The fourth-order valence-electron chi connectivity index (χ4n) is 5.68. The summed E-state index contributed by atoms with van der Waals surface area (Å²) in [5.74, 6) is 0.0320. The Labute approximate surface area is 209 Å². The molecule has 4 heterocycles. The molecule has 10 heteroatoms. The van der Waals surface area contributed by atoms with Gasteiger partial charge in [0.15, 0.2) is 0 Å². The second-order valence-corrected chi connectivity index (χ2v) is 9.60. The second kappa shape index (κ2) is 9.85. The van der Waals surface area contributed by atoms with Crippen molar-refractivity contribution in [2.75, 3.05) is 25.0 Å². The first-order valence-corrected chi connectivity index (χ1v) is 12.5. The third-order valence-corrected chi connectivity index (χ3v) is 7.64. The number of benzene rings is 1. The van der Waals surface area contributed by atoms with Crippen LogP contribution < -0.4 is 15.5 Å². The molecule has 0 bridgehead atoms. The van der Waals surface area contributed by atoms with E-state index in [9.17, 15) is 14.0 Å². The Kier molecular flexibility index (Phi) is 6.61. The number of carbonyl (C=O) groups is 2. The van der Waals surface area contributed by atoms with E-state index >= 15 is 0 Å². The van der Waals surface area contributed by atoms with Gasteiger partial charge in [-0.2, -0.15) is 0 Å². The van der Waals surface area contributed by atoms with Crippen LogP contribution in [0.3, 0.4) is 0 Å². The Balaban J connectivity index is 1.50. The number of aromatic amines is 1. The van der Waals surface area contributed by atoms with E-state index in [0.29, 0.717) is 25.5 Å². The maximum Gasteiger partial charge on any atom is 0.245 e. The molecular formula is C26H32FN7O2. The molecule has 9 nitrogen and oxygen atoms in total. The molecule has 2 aliphatic heterocycles. The van der Waals surface area contributed by atoms with Crippen LogP contribution in [0.2, 0.25) is 0 Å². The van der Waals surface area contributed by atoms with Gasteiger partial charge in [-0.1, -0.05) is 6.92 Å². The molecule has 3 N–H and O–H groups in total. The Bertz CT molecular complexity index is 1250. The normalized spacial score (nSPS) is 23.1. The van der Waals surface area contributed by atoms with Crippen LogP contribution in [0.4, 0.5) is 10.3 Å². The van der Waals surface area contributed by atoms with E-state index in [1.165, 1.54) is 12.1 Å². The number of rotatable bonds is 7. The summed E-state index contributed by atoms with van der Waals surface area (Å²) < 4.78 is 13.9. The summed E-state index contributed by atoms with van der Waals surface area (Å²) in [6, 6.07) is 5.45. The molecule has 2 saturated heterocycles. The largest absolute Gasteiger partial charge is 0.361 e. The van der Waals surface area contributed by atoms with Crippen molar-refractivity contribution in [3.63, 3.8) is 0 Å². The van der Waals surface area contributed by atoms with Gasteiger partial charge in [0.05, 0.1) is 18.1 Å². The van der Waals surface area contributed by atoms with Gasteiger partial charge < -0.3 is 25.4 Å². The number of nitrogens with zero attached hydrogens (tertiary/aromatic N) is 4. The smallest absolute Gasteiger partial charge is 0.245 e. The number of nitrogens with one attached hydrogen (secondary N) is 3. The van der Waals surface area contributed by atoms with Crippen molar-refractivity contribution >= 4 is 28.7 Å². The fraction of sp³-hybridized carbons (Fsp3) is 0.462. The van der Waals surface area contributed by atoms with Crippen molar-refractivity contribution in [3.05, 3.63) is 54.2 Å². The number of aromatic nitrogens is 3. The number of likely N-dealkylation sites (tertiary alicyclic amines) is 1. The highest BCUT2D eigenvalue weighted by Crippen LogP contribution is 2.44. The van der Waals surface area contributed by atoms with Crippen molar-refractivity contribution < 1.29 is 14.0 Å². The molecule has 0 spiro atoms. The third kappa shape index (κ3) is 4.19. The standard InChI is InChI=1S/C26H32FN7O2/c1-4-20(32-24(35)15(2)28-3)25(36)33-11-8-22-23(33)19(14-34(22)26-29-9-5-10-30-26)18-13-31-21-12-16(27)6-7-17(18)21/h5-7,9-10,12-13,15,19-20,22-23,28,31H,4,8,11,14H2,1-3H3,(H,32,35)/t15-,19+,20-,22+,23+/m0/s1. The van der Waals surface area contributed by atoms with Gasteiger partial charge >= 0.3 is 0 Å². The van der Waals surface area contributed by atoms with Gasteiger partial charge in [0.2, 0.25) is 17.8 Å². The zero-order valence-corrected chi connectivity index (χ0v) is 20.7. The number of amides is 2. The highest BCUT2D eigenvalue weighted by atomic mass is 19.1. The molecule has 5 rings (SSSR count). The lowest BCUT2D eigenvalue weighted by Gasteiger charge is -2.32. The SMILES string of the molecule is CC[C@H](NC(=O)[C@H](C)NC)C(=O)N1CC[C@@H]2[C@H]1[C@@H](c1c[nH]c3cc(F)ccc13)CN2c1ncccn1. The number of anilines is 1. The predicted molar refractivity (Wildman–Crippen MR) is 135 cm³/mol. The van der Waals surface area contributed by atoms with Crippen LogP contribution in [-0.4, -0.2) is 76.0 Å². The summed E-state index contributed by atoms with van der Waals surface area (Å²) >= 11 is 0. The molecule has 3 aromatic rings. The van der Waals surface area contributed by atoms with Gasteiger partial charge in [-0.25, -0.2) is 14.4 Å². The number of halogens is 1. The summed E-state index contributed by atoms with van der Waals surface area (Å²) in [5, 5.41) is 6.79. The molecule has 2 amide bonds. The third-order valence-electron chi connectivity index (χ3n) is 7.64. The summed E-state index contributed by atoms with van der Waals surface area (Å²) in [5.41, 5.74) is 1.77. The summed E-state index contributed by atoms with van der Waals surface area (Å²) in [6.45, 7) is 4.89. The van der Waals surface area contributed by atoms with Crippen LogP contribution in [0.15, 0.2) is 42.9 Å². The average molecular weight is 494 g/mol. The van der Waals surface area contributed by atoms with Crippen molar-refractivity contribution in [2.24, 2.45) is 0 Å². The summed E-state index contributed by atoms with van der Waals surface area (Å²) in [6.07, 6.45) is 6.65. The highest BCUT2D eigenvalue weighted by Gasteiger charge is 2.52. The molecule has 0 unspecified atom stereocenters. The zero-order valence-electron chi connectivity index (χ0n) is 20.7. The van der Waals surface area contributed by atoms with Crippen molar-refractivity contribution in [1.29, 1.82) is 0 Å². The van der Waals surface area contributed by atoms with Gasteiger partial charge in [-0.05, 0) is 56.6 Å². The number of carbonyl (C=O) groups excluding carboxylic acids is 2. The van der Waals surface area contributed by atoms with Crippen LogP contribution in [0.1, 0.15) is 38.2 Å². The van der Waals surface area contributed by atoms with E-state index in [-0.39, 0.29) is 35.6 Å². The molecule has 0 saturated carbocycles. The number of hydrogen-bond donors (Lipinski definition) is 3. The fourth-order valence-corrected chi connectivity index (χ4v) is 5.68. The number of hydrogen-bond acceptors (Lipinski definition) is 6. The minimum Gasteiger partial charge on any atom is -0.361 e. The minimum absolute atomic E-state index is 0.0334. The second-order valence-electron chi connectivity index (χ2n) is 9.60. The minimum atomic E-state index is -0.605. The van der Waals surface area contributed by atoms with E-state index in [0.717, 1.165) is 22.9 Å². The molecule has 36 heavy (non-hydrogen) atoms.